The molecule has 1 fully saturated rings. The number of carbonyl (C=O) groups is 1. The molecule has 3 rings (SSSR count). The average Bonchev–Trinajstić information content (AvgIpc) is 3.32. The first-order valence-electron chi connectivity index (χ1n) is 6.98. The molecule has 1 aliphatic rings. The predicted octanol–water partition coefficient (Wildman–Crippen LogP) is 3.19. The molecule has 2 atom stereocenters. The molecule has 2 aromatic carbocycles. The van der Waals surface area contributed by atoms with Crippen molar-refractivity contribution in [3.8, 4) is 0 Å². The fourth-order valence-corrected chi connectivity index (χ4v) is 3.08. The van der Waals surface area contributed by atoms with Gasteiger partial charge >= 0.3 is 5.97 Å². The summed E-state index contributed by atoms with van der Waals surface area (Å²) in [5, 5.41) is 10.8. The van der Waals surface area contributed by atoms with E-state index in [1.54, 1.807) is 12.1 Å². The van der Waals surface area contributed by atoms with Crippen LogP contribution in [-0.4, -0.2) is 18.0 Å². The van der Waals surface area contributed by atoms with E-state index >= 15 is 0 Å². The van der Waals surface area contributed by atoms with E-state index in [0.29, 0.717) is 6.42 Å². The summed E-state index contributed by atoms with van der Waals surface area (Å²) < 4.78 is 4.99. The summed E-state index contributed by atoms with van der Waals surface area (Å²) in [6.45, 7) is 0. The van der Waals surface area contributed by atoms with E-state index < -0.39 is 10.3 Å². The van der Waals surface area contributed by atoms with Gasteiger partial charge in [-0.15, -0.1) is 0 Å². The first kappa shape index (κ1) is 14.3. The topological polar surface area (TPSA) is 69.4 Å². The first-order valence-corrected chi connectivity index (χ1v) is 6.98. The van der Waals surface area contributed by atoms with Gasteiger partial charge < -0.3 is 4.74 Å². The van der Waals surface area contributed by atoms with Crippen molar-refractivity contribution in [2.75, 3.05) is 7.11 Å². The number of methoxy groups -OCH3 is 1. The zero-order valence-electron chi connectivity index (χ0n) is 12.1. The minimum Gasteiger partial charge on any atom is -0.468 e. The number of non-ortho nitro benzene ring substituents is 1. The highest BCUT2D eigenvalue weighted by molar-refractivity contribution is 5.89. The Morgan fingerprint density at radius 3 is 2.36 bits per heavy atom. The van der Waals surface area contributed by atoms with Crippen LogP contribution in [0.3, 0.4) is 0 Å². The van der Waals surface area contributed by atoms with Crippen molar-refractivity contribution in [3.05, 3.63) is 75.8 Å². The van der Waals surface area contributed by atoms with Gasteiger partial charge in [0.2, 0.25) is 0 Å². The summed E-state index contributed by atoms with van der Waals surface area (Å²) in [4.78, 5) is 22.7. The lowest BCUT2D eigenvalue weighted by Crippen LogP contribution is -2.24. The van der Waals surface area contributed by atoms with Crippen LogP contribution < -0.4 is 0 Å². The van der Waals surface area contributed by atoms with Gasteiger partial charge in [-0.2, -0.15) is 0 Å². The van der Waals surface area contributed by atoms with E-state index in [1.807, 2.05) is 30.3 Å². The number of nitro groups is 1. The number of rotatable bonds is 4. The summed E-state index contributed by atoms with van der Waals surface area (Å²) in [5.41, 5.74) is 1.12. The maximum Gasteiger partial charge on any atom is 0.316 e. The highest BCUT2D eigenvalue weighted by atomic mass is 16.6. The lowest BCUT2D eigenvalue weighted by atomic mass is 9.90. The number of hydrogen-bond acceptors (Lipinski definition) is 4. The standard InChI is InChI=1S/C17H15NO4/c1-22-16(19)17(11-15(17)12-5-3-2-4-6-12)13-7-9-14(10-8-13)18(20)21/h2-10,15H,11H2,1H3/t15-,17-/m1/s1. The summed E-state index contributed by atoms with van der Waals surface area (Å²) in [5.74, 6) is -0.252. The zero-order valence-corrected chi connectivity index (χ0v) is 12.1. The minimum atomic E-state index is -0.731. The number of carbonyl (C=O) groups excluding carboxylic acids is 1. The van der Waals surface area contributed by atoms with Crippen molar-refractivity contribution in [2.45, 2.75) is 17.8 Å². The molecule has 0 amide bonds. The van der Waals surface area contributed by atoms with Gasteiger partial charge in [0.1, 0.15) is 5.41 Å². The molecule has 0 spiro atoms. The van der Waals surface area contributed by atoms with Crippen LogP contribution in [0.5, 0.6) is 0 Å². The van der Waals surface area contributed by atoms with Crippen LogP contribution in [0.2, 0.25) is 0 Å². The van der Waals surface area contributed by atoms with Crippen molar-refractivity contribution in [3.63, 3.8) is 0 Å². The average molecular weight is 297 g/mol. The second-order valence-electron chi connectivity index (χ2n) is 5.43. The smallest absolute Gasteiger partial charge is 0.316 e. The Bertz CT molecular complexity index is 711. The summed E-state index contributed by atoms with van der Waals surface area (Å²) >= 11 is 0. The molecule has 0 radical (unpaired) electrons. The molecule has 0 N–H and O–H groups in total. The van der Waals surface area contributed by atoms with Crippen LogP contribution in [0.15, 0.2) is 54.6 Å². The van der Waals surface area contributed by atoms with Crippen LogP contribution in [0.25, 0.3) is 0 Å². The van der Waals surface area contributed by atoms with Gasteiger partial charge in [-0.3, -0.25) is 14.9 Å². The van der Waals surface area contributed by atoms with Crippen LogP contribution in [-0.2, 0) is 14.9 Å². The molecule has 0 unspecified atom stereocenters. The fraction of sp³-hybridized carbons (Fsp3) is 0.235. The Hall–Kier alpha value is -2.69. The van der Waals surface area contributed by atoms with E-state index in [-0.39, 0.29) is 17.6 Å². The summed E-state index contributed by atoms with van der Waals surface area (Å²) in [6.07, 6.45) is 0.654. The molecular formula is C17H15NO4. The highest BCUT2D eigenvalue weighted by Gasteiger charge is 2.62. The molecule has 5 nitrogen and oxygen atoms in total. The lowest BCUT2D eigenvalue weighted by Gasteiger charge is -2.15. The fourth-order valence-electron chi connectivity index (χ4n) is 3.08. The Morgan fingerprint density at radius 2 is 1.82 bits per heavy atom. The largest absolute Gasteiger partial charge is 0.468 e. The number of ether oxygens (including phenoxy) is 1. The molecule has 0 heterocycles. The second-order valence-corrected chi connectivity index (χ2v) is 5.43. The van der Waals surface area contributed by atoms with Crippen LogP contribution >= 0.6 is 0 Å². The third kappa shape index (κ3) is 2.15. The number of hydrogen-bond donors (Lipinski definition) is 0. The molecule has 0 aromatic heterocycles. The molecule has 0 saturated heterocycles. The normalized spacial score (nSPS) is 22.9. The number of esters is 1. The zero-order chi connectivity index (χ0) is 15.7. The van der Waals surface area contributed by atoms with Gasteiger partial charge in [0.15, 0.2) is 0 Å². The number of nitrogens with zero attached hydrogens (tertiary/aromatic N) is 1. The SMILES string of the molecule is COC(=O)[C@@]1(c2ccc([N+](=O)[O-])cc2)C[C@@H]1c1ccccc1. The van der Waals surface area contributed by atoms with E-state index in [1.165, 1.54) is 19.2 Å². The van der Waals surface area contributed by atoms with Crippen molar-refractivity contribution < 1.29 is 14.5 Å². The molecule has 2 aromatic rings. The molecule has 0 aliphatic heterocycles. The first-order chi connectivity index (χ1) is 10.6. The number of nitro benzene ring substituents is 1. The summed E-state index contributed by atoms with van der Waals surface area (Å²) in [7, 11) is 1.37. The Balaban J connectivity index is 1.99. The van der Waals surface area contributed by atoms with Gasteiger partial charge in [-0.25, -0.2) is 0 Å². The molecule has 112 valence electrons. The molecular weight excluding hydrogens is 282 g/mol. The molecule has 1 saturated carbocycles. The van der Waals surface area contributed by atoms with Gasteiger partial charge in [0.05, 0.1) is 12.0 Å². The van der Waals surface area contributed by atoms with E-state index in [4.69, 9.17) is 4.74 Å². The van der Waals surface area contributed by atoms with Gasteiger partial charge in [-0.05, 0) is 17.5 Å². The maximum atomic E-state index is 12.3. The quantitative estimate of drug-likeness (QED) is 0.493. The third-order valence-electron chi connectivity index (χ3n) is 4.31. The number of benzene rings is 2. The van der Waals surface area contributed by atoms with E-state index in [0.717, 1.165) is 11.1 Å². The molecule has 1 aliphatic carbocycles. The van der Waals surface area contributed by atoms with Gasteiger partial charge in [0.25, 0.3) is 5.69 Å². The molecule has 22 heavy (non-hydrogen) atoms. The predicted molar refractivity (Wildman–Crippen MR) is 80.6 cm³/mol. The minimum absolute atomic E-state index is 0.0145. The molecule has 0 bridgehead atoms. The Morgan fingerprint density at radius 1 is 1.18 bits per heavy atom. The second kappa shape index (κ2) is 5.26. The van der Waals surface area contributed by atoms with Gasteiger partial charge in [-0.1, -0.05) is 42.5 Å². The van der Waals surface area contributed by atoms with Crippen LogP contribution in [0.4, 0.5) is 5.69 Å². The molecule has 5 heteroatoms. The maximum absolute atomic E-state index is 12.3. The summed E-state index contributed by atoms with van der Waals surface area (Å²) in [6, 6.07) is 15.9. The van der Waals surface area contributed by atoms with Crippen LogP contribution in [0, 0.1) is 10.1 Å². The van der Waals surface area contributed by atoms with Gasteiger partial charge in [0, 0.05) is 18.1 Å². The lowest BCUT2D eigenvalue weighted by molar-refractivity contribution is -0.384. The third-order valence-corrected chi connectivity index (χ3v) is 4.31. The monoisotopic (exact) mass is 297 g/mol. The van der Waals surface area contributed by atoms with E-state index in [2.05, 4.69) is 0 Å². The van der Waals surface area contributed by atoms with Crippen molar-refractivity contribution in [1.82, 2.24) is 0 Å². The highest BCUT2D eigenvalue weighted by Crippen LogP contribution is 2.61. The van der Waals surface area contributed by atoms with Crippen LogP contribution in [0.1, 0.15) is 23.5 Å². The Labute approximate surface area is 127 Å². The van der Waals surface area contributed by atoms with E-state index in [9.17, 15) is 14.9 Å². The Kier molecular flexibility index (Phi) is 3.41. The van der Waals surface area contributed by atoms with Crippen molar-refractivity contribution >= 4 is 11.7 Å². The van der Waals surface area contributed by atoms with Crippen molar-refractivity contribution in [2.24, 2.45) is 0 Å². The van der Waals surface area contributed by atoms with Crippen molar-refractivity contribution in [1.29, 1.82) is 0 Å².